The highest BCUT2D eigenvalue weighted by Crippen LogP contribution is 2.45. The molecule has 0 unspecified atom stereocenters. The maximum absolute atomic E-state index is 12.1. The number of nitrogens with zero attached hydrogens (tertiary/aromatic N) is 1. The topological polar surface area (TPSA) is 55.6 Å². The van der Waals surface area contributed by atoms with Crippen LogP contribution in [-0.4, -0.2) is 34.7 Å². The lowest BCUT2D eigenvalue weighted by Gasteiger charge is -2.48. The fourth-order valence-electron chi connectivity index (χ4n) is 2.73. The Labute approximate surface area is 97.1 Å². The average molecular weight is 226 g/mol. The van der Waals surface area contributed by atoms with E-state index in [0.717, 1.165) is 25.8 Å². The van der Waals surface area contributed by atoms with E-state index in [1.807, 2.05) is 25.7 Å². The van der Waals surface area contributed by atoms with E-state index in [-0.39, 0.29) is 17.7 Å². The highest BCUT2D eigenvalue weighted by molar-refractivity contribution is 5.70. The van der Waals surface area contributed by atoms with Gasteiger partial charge in [0.1, 0.15) is 5.60 Å². The second-order valence-corrected chi connectivity index (χ2v) is 5.98. The van der Waals surface area contributed by atoms with E-state index in [2.05, 4.69) is 0 Å². The quantitative estimate of drug-likeness (QED) is 0.686. The molecule has 1 amide bonds. The van der Waals surface area contributed by atoms with Gasteiger partial charge in [0.05, 0.1) is 5.54 Å². The summed E-state index contributed by atoms with van der Waals surface area (Å²) in [5.41, 5.74) is 5.61. The molecule has 1 atom stereocenters. The lowest BCUT2D eigenvalue weighted by molar-refractivity contribution is -0.0134. The molecule has 1 heterocycles. The minimum atomic E-state index is -0.422. The molecule has 2 N–H and O–H groups in total. The van der Waals surface area contributed by atoms with Gasteiger partial charge in [-0.3, -0.25) is 0 Å². The molecule has 0 aromatic rings. The zero-order valence-electron chi connectivity index (χ0n) is 10.5. The molecule has 4 heteroatoms. The number of likely N-dealkylation sites (tertiary alicyclic amines) is 1. The van der Waals surface area contributed by atoms with Crippen molar-refractivity contribution in [1.82, 2.24) is 4.90 Å². The van der Waals surface area contributed by atoms with Gasteiger partial charge in [-0.05, 0) is 46.5 Å². The summed E-state index contributed by atoms with van der Waals surface area (Å²) in [5, 5.41) is 0. The molecule has 1 saturated carbocycles. The first-order valence-corrected chi connectivity index (χ1v) is 6.11. The predicted molar refractivity (Wildman–Crippen MR) is 62.1 cm³/mol. The van der Waals surface area contributed by atoms with Crippen molar-refractivity contribution in [3.8, 4) is 0 Å². The van der Waals surface area contributed by atoms with E-state index in [4.69, 9.17) is 10.5 Å². The van der Waals surface area contributed by atoms with Crippen molar-refractivity contribution in [3.63, 3.8) is 0 Å². The van der Waals surface area contributed by atoms with Crippen LogP contribution in [0.3, 0.4) is 0 Å². The van der Waals surface area contributed by atoms with Gasteiger partial charge in [0.25, 0.3) is 0 Å². The summed E-state index contributed by atoms with van der Waals surface area (Å²) >= 11 is 0. The SMILES string of the molecule is CC(C)(C)OC(=O)N1CC[C@@H](N)C12CCC2. The van der Waals surface area contributed by atoms with Crippen LogP contribution in [0.1, 0.15) is 46.5 Å². The van der Waals surface area contributed by atoms with E-state index in [9.17, 15) is 4.79 Å². The molecule has 0 aromatic heterocycles. The third-order valence-electron chi connectivity index (χ3n) is 3.72. The Morgan fingerprint density at radius 1 is 1.44 bits per heavy atom. The third kappa shape index (κ3) is 1.79. The molecule has 92 valence electrons. The first-order chi connectivity index (χ1) is 7.35. The van der Waals surface area contributed by atoms with Crippen LogP contribution in [0.4, 0.5) is 4.79 Å². The number of nitrogens with two attached hydrogens (primary N) is 1. The molecule has 1 aliphatic carbocycles. The van der Waals surface area contributed by atoms with E-state index in [1.165, 1.54) is 6.42 Å². The van der Waals surface area contributed by atoms with Gasteiger partial charge < -0.3 is 15.4 Å². The van der Waals surface area contributed by atoms with E-state index in [1.54, 1.807) is 0 Å². The Bertz CT molecular complexity index is 292. The molecule has 0 radical (unpaired) electrons. The van der Waals surface area contributed by atoms with Gasteiger partial charge >= 0.3 is 6.09 Å². The molecule has 16 heavy (non-hydrogen) atoms. The number of rotatable bonds is 0. The predicted octanol–water partition coefficient (Wildman–Crippen LogP) is 1.88. The van der Waals surface area contributed by atoms with Gasteiger partial charge in [-0.15, -0.1) is 0 Å². The van der Waals surface area contributed by atoms with Crippen molar-refractivity contribution >= 4 is 6.09 Å². The molecule has 1 saturated heterocycles. The van der Waals surface area contributed by atoms with Gasteiger partial charge in [-0.1, -0.05) is 0 Å². The number of hydrogen-bond acceptors (Lipinski definition) is 3. The van der Waals surface area contributed by atoms with Crippen LogP contribution >= 0.6 is 0 Å². The average Bonchev–Trinajstić information content (AvgIpc) is 2.38. The Morgan fingerprint density at radius 3 is 2.50 bits per heavy atom. The largest absolute Gasteiger partial charge is 0.444 e. The van der Waals surface area contributed by atoms with Crippen molar-refractivity contribution in [2.75, 3.05) is 6.54 Å². The minimum absolute atomic E-state index is 0.0810. The molecule has 0 aromatic carbocycles. The molecular formula is C12H22N2O2. The molecule has 1 spiro atoms. The first-order valence-electron chi connectivity index (χ1n) is 6.11. The fraction of sp³-hybridized carbons (Fsp3) is 0.917. The number of ether oxygens (including phenoxy) is 1. The summed E-state index contributed by atoms with van der Waals surface area (Å²) in [4.78, 5) is 13.9. The van der Waals surface area contributed by atoms with Gasteiger partial charge in [0.2, 0.25) is 0 Å². The van der Waals surface area contributed by atoms with E-state index < -0.39 is 5.60 Å². The number of carbonyl (C=O) groups is 1. The second-order valence-electron chi connectivity index (χ2n) is 5.98. The second kappa shape index (κ2) is 3.62. The molecule has 2 fully saturated rings. The lowest BCUT2D eigenvalue weighted by atomic mass is 9.72. The third-order valence-corrected chi connectivity index (χ3v) is 3.72. The van der Waals surface area contributed by atoms with Crippen molar-refractivity contribution in [2.24, 2.45) is 5.73 Å². The van der Waals surface area contributed by atoms with Crippen LogP contribution in [-0.2, 0) is 4.74 Å². The van der Waals surface area contributed by atoms with Crippen molar-refractivity contribution in [2.45, 2.75) is 63.6 Å². The van der Waals surface area contributed by atoms with Crippen LogP contribution in [0.15, 0.2) is 0 Å². The summed E-state index contributed by atoms with van der Waals surface area (Å²) < 4.78 is 5.43. The normalized spacial score (nSPS) is 28.0. The van der Waals surface area contributed by atoms with Crippen LogP contribution in [0.2, 0.25) is 0 Å². The van der Waals surface area contributed by atoms with Crippen molar-refractivity contribution < 1.29 is 9.53 Å². The summed E-state index contributed by atoms with van der Waals surface area (Å²) in [6.45, 7) is 6.44. The van der Waals surface area contributed by atoms with Crippen LogP contribution < -0.4 is 5.73 Å². The molecule has 2 rings (SSSR count). The highest BCUT2D eigenvalue weighted by atomic mass is 16.6. The smallest absolute Gasteiger partial charge is 0.410 e. The monoisotopic (exact) mass is 226 g/mol. The fourth-order valence-corrected chi connectivity index (χ4v) is 2.73. The van der Waals surface area contributed by atoms with Crippen LogP contribution in [0.25, 0.3) is 0 Å². The summed E-state index contributed by atoms with van der Waals surface area (Å²) in [5.74, 6) is 0. The molecule has 1 aliphatic heterocycles. The minimum Gasteiger partial charge on any atom is -0.444 e. The molecular weight excluding hydrogens is 204 g/mol. The number of carbonyl (C=O) groups excluding carboxylic acids is 1. The number of amides is 1. The zero-order chi connectivity index (χ0) is 12.0. The zero-order valence-corrected chi connectivity index (χ0v) is 10.5. The van der Waals surface area contributed by atoms with Crippen LogP contribution in [0, 0.1) is 0 Å². The molecule has 0 bridgehead atoms. The maximum atomic E-state index is 12.1. The van der Waals surface area contributed by atoms with Crippen LogP contribution in [0.5, 0.6) is 0 Å². The van der Waals surface area contributed by atoms with Crippen molar-refractivity contribution in [3.05, 3.63) is 0 Å². The lowest BCUT2D eigenvalue weighted by Crippen LogP contribution is -2.60. The Hall–Kier alpha value is -0.770. The standard InChI is InChI=1S/C12H22N2O2/c1-11(2,3)16-10(15)14-8-5-9(13)12(14)6-4-7-12/h9H,4-8,13H2,1-3H3/t9-/m1/s1. The maximum Gasteiger partial charge on any atom is 0.410 e. The van der Waals surface area contributed by atoms with Crippen molar-refractivity contribution in [1.29, 1.82) is 0 Å². The van der Waals surface area contributed by atoms with Gasteiger partial charge in [-0.25, -0.2) is 4.79 Å². The first kappa shape index (κ1) is 11.7. The van der Waals surface area contributed by atoms with E-state index >= 15 is 0 Å². The van der Waals surface area contributed by atoms with Gasteiger partial charge in [-0.2, -0.15) is 0 Å². The van der Waals surface area contributed by atoms with E-state index in [0.29, 0.717) is 0 Å². The Balaban J connectivity index is 2.07. The number of hydrogen-bond donors (Lipinski definition) is 1. The molecule has 4 nitrogen and oxygen atoms in total. The van der Waals surface area contributed by atoms with Gasteiger partial charge in [0.15, 0.2) is 0 Å². The molecule has 2 aliphatic rings. The summed E-state index contributed by atoms with van der Waals surface area (Å²) in [6.07, 6.45) is 3.95. The Morgan fingerprint density at radius 2 is 2.06 bits per heavy atom. The van der Waals surface area contributed by atoms with Gasteiger partial charge in [0, 0.05) is 12.6 Å². The summed E-state index contributed by atoms with van der Waals surface area (Å²) in [6, 6.07) is 0.133. The summed E-state index contributed by atoms with van der Waals surface area (Å²) in [7, 11) is 0. The Kier molecular flexibility index (Phi) is 2.65. The highest BCUT2D eigenvalue weighted by Gasteiger charge is 2.53.